The molecule has 1 aromatic carbocycles. The number of esters is 2. The lowest BCUT2D eigenvalue weighted by atomic mass is 9.97. The molecule has 0 aliphatic carbocycles. The molecular formula is C20H30O4. The number of rotatable bonds is 10. The predicted octanol–water partition coefficient (Wildman–Crippen LogP) is 5.02. The average Bonchev–Trinajstić information content (AvgIpc) is 2.59. The van der Waals surface area contributed by atoms with Gasteiger partial charge in [0, 0.05) is 0 Å². The second-order valence-corrected chi connectivity index (χ2v) is 6.18. The lowest BCUT2D eigenvalue weighted by Gasteiger charge is -2.22. The first-order chi connectivity index (χ1) is 11.5. The molecule has 1 aromatic rings. The second-order valence-electron chi connectivity index (χ2n) is 6.18. The first kappa shape index (κ1) is 20.2. The highest BCUT2D eigenvalue weighted by Crippen LogP contribution is 2.19. The highest BCUT2D eigenvalue weighted by molar-refractivity contribution is 5.93. The van der Waals surface area contributed by atoms with Crippen molar-refractivity contribution in [3.05, 3.63) is 35.4 Å². The van der Waals surface area contributed by atoms with Crippen LogP contribution in [0.2, 0.25) is 0 Å². The maximum Gasteiger partial charge on any atom is 0.338 e. The fourth-order valence-corrected chi connectivity index (χ4v) is 2.58. The van der Waals surface area contributed by atoms with Gasteiger partial charge in [0.2, 0.25) is 0 Å². The predicted molar refractivity (Wildman–Crippen MR) is 95.2 cm³/mol. The van der Waals surface area contributed by atoms with Crippen molar-refractivity contribution in [3.8, 4) is 0 Å². The van der Waals surface area contributed by atoms with Crippen LogP contribution in [0.5, 0.6) is 0 Å². The topological polar surface area (TPSA) is 52.6 Å². The van der Waals surface area contributed by atoms with Crippen molar-refractivity contribution in [2.75, 3.05) is 6.61 Å². The molecule has 4 heteroatoms. The number of carbonyl (C=O) groups excluding carboxylic acids is 2. The minimum Gasteiger partial charge on any atom is -0.462 e. The quantitative estimate of drug-likeness (QED) is 0.445. The van der Waals surface area contributed by atoms with Gasteiger partial charge >= 0.3 is 11.9 Å². The second kappa shape index (κ2) is 10.8. The van der Waals surface area contributed by atoms with E-state index >= 15 is 0 Å². The zero-order chi connectivity index (χ0) is 17.9. The van der Waals surface area contributed by atoms with Crippen LogP contribution in [0.15, 0.2) is 24.3 Å². The minimum atomic E-state index is -0.355. The number of hydrogen-bond acceptors (Lipinski definition) is 4. The lowest BCUT2D eigenvalue weighted by molar-refractivity contribution is 0.0137. The van der Waals surface area contributed by atoms with Crippen LogP contribution in [-0.2, 0) is 9.47 Å². The number of benzene rings is 1. The SMILES string of the molecule is CCCCOC(=O)c1ccc(C(=O)OC(CC)C(C)CCC)cc1. The molecule has 24 heavy (non-hydrogen) atoms. The Kier molecular flexibility index (Phi) is 9.13. The van der Waals surface area contributed by atoms with Gasteiger partial charge in [-0.25, -0.2) is 9.59 Å². The van der Waals surface area contributed by atoms with Crippen molar-refractivity contribution in [1.82, 2.24) is 0 Å². The van der Waals surface area contributed by atoms with E-state index in [4.69, 9.17) is 9.47 Å². The van der Waals surface area contributed by atoms with Crippen molar-refractivity contribution >= 4 is 11.9 Å². The van der Waals surface area contributed by atoms with Gasteiger partial charge in [-0.1, -0.05) is 40.5 Å². The molecule has 2 unspecified atom stereocenters. The molecule has 0 aliphatic rings. The van der Waals surface area contributed by atoms with Crippen LogP contribution in [0, 0.1) is 5.92 Å². The molecule has 0 saturated heterocycles. The van der Waals surface area contributed by atoms with Crippen LogP contribution in [0.25, 0.3) is 0 Å². The van der Waals surface area contributed by atoms with Crippen LogP contribution < -0.4 is 0 Å². The molecule has 1 rings (SSSR count). The number of unbranched alkanes of at least 4 members (excludes halogenated alkanes) is 1. The van der Waals surface area contributed by atoms with E-state index in [0.29, 0.717) is 23.7 Å². The highest BCUT2D eigenvalue weighted by Gasteiger charge is 2.20. The molecule has 0 saturated carbocycles. The Balaban J connectivity index is 2.64. The van der Waals surface area contributed by atoms with Gasteiger partial charge < -0.3 is 9.47 Å². The Morgan fingerprint density at radius 1 is 0.958 bits per heavy atom. The summed E-state index contributed by atoms with van der Waals surface area (Å²) in [5.74, 6) is -0.348. The first-order valence-electron chi connectivity index (χ1n) is 9.01. The molecule has 0 spiro atoms. The summed E-state index contributed by atoms with van der Waals surface area (Å²) in [5.41, 5.74) is 0.913. The fraction of sp³-hybridized carbons (Fsp3) is 0.600. The maximum absolute atomic E-state index is 12.3. The number of hydrogen-bond donors (Lipinski definition) is 0. The third-order valence-electron chi connectivity index (χ3n) is 4.13. The van der Waals surface area contributed by atoms with Gasteiger partial charge in [0.25, 0.3) is 0 Å². The van der Waals surface area contributed by atoms with Gasteiger partial charge in [-0.05, 0) is 49.4 Å². The van der Waals surface area contributed by atoms with Crippen molar-refractivity contribution in [1.29, 1.82) is 0 Å². The van der Waals surface area contributed by atoms with Gasteiger partial charge in [0.1, 0.15) is 6.10 Å². The summed E-state index contributed by atoms with van der Waals surface area (Å²) >= 11 is 0. The van der Waals surface area contributed by atoms with E-state index in [9.17, 15) is 9.59 Å². The summed E-state index contributed by atoms with van der Waals surface area (Å²) in [6.45, 7) is 8.73. The molecule has 0 aliphatic heterocycles. The van der Waals surface area contributed by atoms with Crippen LogP contribution in [-0.4, -0.2) is 24.6 Å². The molecule has 0 radical (unpaired) electrons. The number of ether oxygens (including phenoxy) is 2. The summed E-state index contributed by atoms with van der Waals surface area (Å²) in [7, 11) is 0. The third kappa shape index (κ3) is 6.34. The molecule has 0 fully saturated rings. The molecule has 0 amide bonds. The molecule has 0 bridgehead atoms. The van der Waals surface area contributed by atoms with Crippen LogP contribution in [0.4, 0.5) is 0 Å². The highest BCUT2D eigenvalue weighted by atomic mass is 16.5. The van der Waals surface area contributed by atoms with Crippen molar-refractivity contribution < 1.29 is 19.1 Å². The molecule has 0 aromatic heterocycles. The minimum absolute atomic E-state index is 0.0730. The van der Waals surface area contributed by atoms with E-state index < -0.39 is 0 Å². The molecule has 2 atom stereocenters. The zero-order valence-electron chi connectivity index (χ0n) is 15.3. The molecule has 0 heterocycles. The fourth-order valence-electron chi connectivity index (χ4n) is 2.58. The van der Waals surface area contributed by atoms with Gasteiger partial charge in [0.15, 0.2) is 0 Å². The number of carbonyl (C=O) groups is 2. The normalized spacial score (nSPS) is 13.2. The Labute approximate surface area is 145 Å². The standard InChI is InChI=1S/C20H30O4/c1-5-8-14-23-19(21)16-10-12-17(13-11-16)20(22)24-18(7-3)15(4)9-6-2/h10-13,15,18H,5-9,14H2,1-4H3. The average molecular weight is 334 g/mol. The van der Waals surface area contributed by atoms with E-state index in [1.165, 1.54) is 0 Å². The van der Waals surface area contributed by atoms with Gasteiger partial charge in [0.05, 0.1) is 17.7 Å². The zero-order valence-corrected chi connectivity index (χ0v) is 15.3. The largest absolute Gasteiger partial charge is 0.462 e. The summed E-state index contributed by atoms with van der Waals surface area (Å²) < 4.78 is 10.8. The summed E-state index contributed by atoms with van der Waals surface area (Å²) in [4.78, 5) is 24.1. The van der Waals surface area contributed by atoms with E-state index in [2.05, 4.69) is 13.8 Å². The lowest BCUT2D eigenvalue weighted by Crippen LogP contribution is -2.24. The van der Waals surface area contributed by atoms with Crippen LogP contribution >= 0.6 is 0 Å². The van der Waals surface area contributed by atoms with Gasteiger partial charge in [-0.2, -0.15) is 0 Å². The summed E-state index contributed by atoms with van der Waals surface area (Å²) in [6, 6.07) is 6.47. The van der Waals surface area contributed by atoms with E-state index in [1.807, 2.05) is 13.8 Å². The Morgan fingerprint density at radius 2 is 1.54 bits per heavy atom. The first-order valence-corrected chi connectivity index (χ1v) is 9.01. The van der Waals surface area contributed by atoms with Crippen molar-refractivity contribution in [2.24, 2.45) is 5.92 Å². The van der Waals surface area contributed by atoms with Crippen molar-refractivity contribution in [2.45, 2.75) is 65.9 Å². The van der Waals surface area contributed by atoms with Crippen molar-refractivity contribution in [3.63, 3.8) is 0 Å². The molecular weight excluding hydrogens is 304 g/mol. The smallest absolute Gasteiger partial charge is 0.338 e. The molecule has 0 N–H and O–H groups in total. The van der Waals surface area contributed by atoms with E-state index in [-0.39, 0.29) is 18.0 Å². The summed E-state index contributed by atoms with van der Waals surface area (Å²) in [5, 5.41) is 0. The summed E-state index contributed by atoms with van der Waals surface area (Å²) in [6.07, 6.45) is 4.67. The van der Waals surface area contributed by atoms with E-state index in [1.54, 1.807) is 24.3 Å². The Hall–Kier alpha value is -1.84. The Bertz CT molecular complexity index is 507. The monoisotopic (exact) mass is 334 g/mol. The van der Waals surface area contributed by atoms with Gasteiger partial charge in [-0.3, -0.25) is 0 Å². The Morgan fingerprint density at radius 3 is 2.04 bits per heavy atom. The molecule has 4 nitrogen and oxygen atoms in total. The maximum atomic E-state index is 12.3. The van der Waals surface area contributed by atoms with Gasteiger partial charge in [-0.15, -0.1) is 0 Å². The molecule has 134 valence electrons. The van der Waals surface area contributed by atoms with Crippen LogP contribution in [0.3, 0.4) is 0 Å². The third-order valence-corrected chi connectivity index (χ3v) is 4.13. The van der Waals surface area contributed by atoms with Crippen LogP contribution in [0.1, 0.15) is 80.5 Å². The van der Waals surface area contributed by atoms with E-state index in [0.717, 1.165) is 32.1 Å².